The summed E-state index contributed by atoms with van der Waals surface area (Å²) in [5.74, 6) is 0.453. The molecule has 0 aliphatic carbocycles. The summed E-state index contributed by atoms with van der Waals surface area (Å²) in [6, 6.07) is 9.87. The van der Waals surface area contributed by atoms with E-state index < -0.39 is 0 Å². The molecule has 0 saturated heterocycles. The van der Waals surface area contributed by atoms with Gasteiger partial charge < -0.3 is 4.74 Å². The van der Waals surface area contributed by atoms with Gasteiger partial charge >= 0.3 is 6.09 Å². The quantitative estimate of drug-likeness (QED) is 0.522. The van der Waals surface area contributed by atoms with Gasteiger partial charge in [-0.15, -0.1) is 0 Å². The van der Waals surface area contributed by atoms with Crippen LogP contribution in [0.1, 0.15) is 46.0 Å². The van der Waals surface area contributed by atoms with Gasteiger partial charge in [-0.1, -0.05) is 57.7 Å². The van der Waals surface area contributed by atoms with E-state index in [0.717, 1.165) is 29.7 Å². The van der Waals surface area contributed by atoms with Crippen LogP contribution < -0.4 is 5.32 Å². The molecular weight excluding hydrogens is 318 g/mol. The van der Waals surface area contributed by atoms with Crippen molar-refractivity contribution in [1.29, 1.82) is 0 Å². The molecule has 0 aliphatic rings. The van der Waals surface area contributed by atoms with Crippen molar-refractivity contribution in [1.82, 2.24) is 0 Å². The van der Waals surface area contributed by atoms with E-state index in [0.29, 0.717) is 12.5 Å². The van der Waals surface area contributed by atoms with Gasteiger partial charge in [0.2, 0.25) is 0 Å². The zero-order valence-electron chi connectivity index (χ0n) is 14.6. The first kappa shape index (κ1) is 18.5. The van der Waals surface area contributed by atoms with Crippen molar-refractivity contribution < 1.29 is 9.53 Å². The van der Waals surface area contributed by atoms with Gasteiger partial charge in [-0.25, -0.2) is 4.79 Å². The number of rotatable bonds is 9. The Balaban J connectivity index is 1.89. The number of unbranched alkanes of at least 4 members (excludes halogenated alkanes) is 2. The van der Waals surface area contributed by atoms with E-state index in [4.69, 9.17) is 4.74 Å². The molecule has 1 unspecified atom stereocenters. The van der Waals surface area contributed by atoms with E-state index in [-0.39, 0.29) is 6.09 Å². The Morgan fingerprint density at radius 1 is 1.21 bits per heavy atom. The number of thiophene rings is 1. The molecule has 24 heavy (non-hydrogen) atoms. The molecule has 2 aromatic rings. The van der Waals surface area contributed by atoms with Crippen molar-refractivity contribution >= 4 is 23.1 Å². The van der Waals surface area contributed by atoms with Crippen LogP contribution in [-0.4, -0.2) is 12.7 Å². The number of carbonyl (C=O) groups is 1. The van der Waals surface area contributed by atoms with E-state index >= 15 is 0 Å². The highest BCUT2D eigenvalue weighted by molar-refractivity contribution is 7.08. The summed E-state index contributed by atoms with van der Waals surface area (Å²) in [5, 5.41) is 7.00. The number of hydrogen-bond acceptors (Lipinski definition) is 3. The Bertz CT molecular complexity index is 610. The fourth-order valence-corrected chi connectivity index (χ4v) is 3.35. The van der Waals surface area contributed by atoms with Crippen molar-refractivity contribution in [3.8, 4) is 11.1 Å². The highest BCUT2D eigenvalue weighted by Crippen LogP contribution is 2.29. The second-order valence-electron chi connectivity index (χ2n) is 6.05. The summed E-state index contributed by atoms with van der Waals surface area (Å²) < 4.78 is 5.45. The lowest BCUT2D eigenvalue weighted by Gasteiger charge is -2.16. The molecule has 1 amide bonds. The molecule has 130 valence electrons. The maximum Gasteiger partial charge on any atom is 0.411 e. The standard InChI is InChI=1S/C20H27NO2S/c1-3-5-6-9-16(4-2)14-23-20(22)21-19-11-8-7-10-18(19)17-12-13-24-15-17/h7-8,10-13,15-16H,3-6,9,14H2,1-2H3,(H,21,22). The summed E-state index contributed by atoms with van der Waals surface area (Å²) >= 11 is 1.64. The molecule has 0 fully saturated rings. The van der Waals surface area contributed by atoms with Gasteiger partial charge in [0, 0.05) is 5.56 Å². The van der Waals surface area contributed by atoms with Crippen molar-refractivity contribution in [3.05, 3.63) is 41.1 Å². The first-order valence-corrected chi connectivity index (χ1v) is 9.74. The largest absolute Gasteiger partial charge is 0.449 e. The second-order valence-corrected chi connectivity index (χ2v) is 6.83. The van der Waals surface area contributed by atoms with Crippen LogP contribution in [-0.2, 0) is 4.74 Å². The van der Waals surface area contributed by atoms with Gasteiger partial charge in [0.15, 0.2) is 0 Å². The molecular formula is C20H27NO2S. The van der Waals surface area contributed by atoms with Gasteiger partial charge in [-0.3, -0.25) is 5.32 Å². The Morgan fingerprint density at radius 2 is 2.04 bits per heavy atom. The van der Waals surface area contributed by atoms with Crippen LogP contribution in [0.3, 0.4) is 0 Å². The van der Waals surface area contributed by atoms with Crippen LogP contribution in [0.5, 0.6) is 0 Å². The van der Waals surface area contributed by atoms with E-state index in [1.54, 1.807) is 11.3 Å². The van der Waals surface area contributed by atoms with Gasteiger partial charge in [-0.05, 0) is 40.8 Å². The molecule has 3 nitrogen and oxygen atoms in total. The minimum atomic E-state index is -0.369. The van der Waals surface area contributed by atoms with Crippen LogP contribution in [0, 0.1) is 5.92 Å². The molecule has 1 N–H and O–H groups in total. The monoisotopic (exact) mass is 345 g/mol. The smallest absolute Gasteiger partial charge is 0.411 e. The number of carbonyl (C=O) groups excluding carboxylic acids is 1. The third-order valence-corrected chi connectivity index (χ3v) is 4.92. The minimum absolute atomic E-state index is 0.369. The molecule has 4 heteroatoms. The van der Waals surface area contributed by atoms with E-state index in [2.05, 4.69) is 30.6 Å². The third kappa shape index (κ3) is 5.68. The molecule has 0 saturated carbocycles. The zero-order valence-corrected chi connectivity index (χ0v) is 15.4. The molecule has 1 heterocycles. The van der Waals surface area contributed by atoms with E-state index in [1.807, 2.05) is 29.6 Å². The lowest BCUT2D eigenvalue weighted by molar-refractivity contribution is 0.136. The maximum atomic E-state index is 12.2. The van der Waals surface area contributed by atoms with E-state index in [9.17, 15) is 4.79 Å². The van der Waals surface area contributed by atoms with Crippen LogP contribution in [0.4, 0.5) is 10.5 Å². The SMILES string of the molecule is CCCCCC(CC)COC(=O)Nc1ccccc1-c1ccsc1. The van der Waals surface area contributed by atoms with Crippen molar-refractivity contribution in [2.24, 2.45) is 5.92 Å². The number of hydrogen-bond donors (Lipinski definition) is 1. The molecule has 2 rings (SSSR count). The third-order valence-electron chi connectivity index (χ3n) is 4.24. The number of benzene rings is 1. The average molecular weight is 346 g/mol. The van der Waals surface area contributed by atoms with Gasteiger partial charge in [-0.2, -0.15) is 11.3 Å². The first-order valence-electron chi connectivity index (χ1n) is 8.80. The molecule has 0 radical (unpaired) electrons. The molecule has 0 spiro atoms. The summed E-state index contributed by atoms with van der Waals surface area (Å²) in [6.07, 6.45) is 5.48. The molecule has 1 aromatic carbocycles. The fourth-order valence-electron chi connectivity index (χ4n) is 2.69. The summed E-state index contributed by atoms with van der Waals surface area (Å²) in [6.45, 7) is 4.85. The lowest BCUT2D eigenvalue weighted by atomic mass is 10.00. The Kier molecular flexibility index (Phi) is 7.83. The Hall–Kier alpha value is -1.81. The van der Waals surface area contributed by atoms with E-state index in [1.165, 1.54) is 19.3 Å². The van der Waals surface area contributed by atoms with Crippen LogP contribution in [0.25, 0.3) is 11.1 Å². The number of ether oxygens (including phenoxy) is 1. The number of nitrogens with one attached hydrogen (secondary N) is 1. The van der Waals surface area contributed by atoms with Crippen LogP contribution in [0.15, 0.2) is 41.1 Å². The zero-order chi connectivity index (χ0) is 17.2. The molecule has 0 aliphatic heterocycles. The first-order chi connectivity index (χ1) is 11.7. The normalized spacial score (nSPS) is 11.9. The fraction of sp³-hybridized carbons (Fsp3) is 0.450. The molecule has 1 atom stereocenters. The average Bonchev–Trinajstić information content (AvgIpc) is 3.13. The summed E-state index contributed by atoms with van der Waals surface area (Å²) in [7, 11) is 0. The number of para-hydroxylation sites is 1. The Labute approximate surface area is 149 Å². The van der Waals surface area contributed by atoms with Crippen LogP contribution in [0.2, 0.25) is 0 Å². The molecule has 1 aromatic heterocycles. The highest BCUT2D eigenvalue weighted by atomic mass is 32.1. The number of anilines is 1. The summed E-state index contributed by atoms with van der Waals surface area (Å²) in [5.41, 5.74) is 2.92. The predicted molar refractivity (Wildman–Crippen MR) is 103 cm³/mol. The highest BCUT2D eigenvalue weighted by Gasteiger charge is 2.12. The van der Waals surface area contributed by atoms with Gasteiger partial charge in [0.25, 0.3) is 0 Å². The predicted octanol–water partition coefficient (Wildman–Crippen LogP) is 6.57. The lowest BCUT2D eigenvalue weighted by Crippen LogP contribution is -2.19. The summed E-state index contributed by atoms with van der Waals surface area (Å²) in [4.78, 5) is 12.2. The van der Waals surface area contributed by atoms with Crippen LogP contribution >= 0.6 is 11.3 Å². The van der Waals surface area contributed by atoms with Gasteiger partial charge in [0.05, 0.1) is 12.3 Å². The Morgan fingerprint density at radius 3 is 2.75 bits per heavy atom. The second kappa shape index (κ2) is 10.1. The van der Waals surface area contributed by atoms with Gasteiger partial charge in [0.1, 0.15) is 0 Å². The van der Waals surface area contributed by atoms with Crippen molar-refractivity contribution in [3.63, 3.8) is 0 Å². The molecule has 0 bridgehead atoms. The number of amides is 1. The minimum Gasteiger partial charge on any atom is -0.449 e. The topological polar surface area (TPSA) is 38.3 Å². The van der Waals surface area contributed by atoms with Crippen molar-refractivity contribution in [2.45, 2.75) is 46.0 Å². The van der Waals surface area contributed by atoms with Crippen molar-refractivity contribution in [2.75, 3.05) is 11.9 Å². The maximum absolute atomic E-state index is 12.2.